The van der Waals surface area contributed by atoms with Crippen LogP contribution in [0.2, 0.25) is 0 Å². The molecule has 1 aromatic carbocycles. The van der Waals surface area contributed by atoms with E-state index < -0.39 is 0 Å². The van der Waals surface area contributed by atoms with Gasteiger partial charge in [-0.2, -0.15) is 0 Å². The Kier molecular flexibility index (Phi) is 5.57. The molecule has 0 radical (unpaired) electrons. The number of carbonyl (C=O) groups is 1. The molecule has 8 nitrogen and oxygen atoms in total. The maximum Gasteiger partial charge on any atom is 0.247 e. The molecule has 4 aromatic rings. The van der Waals surface area contributed by atoms with Crippen LogP contribution in [0.4, 0.5) is 5.13 Å². The van der Waals surface area contributed by atoms with Crippen molar-refractivity contribution in [3.05, 3.63) is 54.6 Å². The minimum absolute atomic E-state index is 0.174. The topological polar surface area (TPSA) is 88.3 Å². The van der Waals surface area contributed by atoms with Crippen LogP contribution in [0.1, 0.15) is 18.7 Å². The van der Waals surface area contributed by atoms with Gasteiger partial charge in [-0.25, -0.2) is 9.97 Å². The quantitative estimate of drug-likeness (QED) is 0.459. The van der Waals surface area contributed by atoms with Crippen LogP contribution in [-0.4, -0.2) is 57.2 Å². The number of hydrogen-bond acceptors (Lipinski definition) is 8. The molecule has 0 saturated carbocycles. The lowest BCUT2D eigenvalue weighted by atomic mass is 10.2. The fourth-order valence-corrected chi connectivity index (χ4v) is 4.60. The Labute approximate surface area is 183 Å². The summed E-state index contributed by atoms with van der Waals surface area (Å²) in [6, 6.07) is 13.6. The molecule has 1 fully saturated rings. The molecule has 1 aliphatic heterocycles. The summed E-state index contributed by atoms with van der Waals surface area (Å²) in [5.41, 5.74) is 1.83. The van der Waals surface area contributed by atoms with Crippen molar-refractivity contribution in [2.75, 3.05) is 31.1 Å². The Morgan fingerprint density at radius 1 is 1.03 bits per heavy atom. The molecule has 0 unspecified atom stereocenters. The molecule has 0 aliphatic carbocycles. The van der Waals surface area contributed by atoms with Gasteiger partial charge in [0.25, 0.3) is 0 Å². The van der Waals surface area contributed by atoms with Crippen molar-refractivity contribution in [1.82, 2.24) is 25.1 Å². The maximum absolute atomic E-state index is 12.6. The molecule has 1 saturated heterocycles. The van der Waals surface area contributed by atoms with Crippen LogP contribution < -0.4 is 4.90 Å². The number of thiazole rings is 1. The average Bonchev–Trinajstić information content (AvgIpc) is 3.47. The number of piperazine rings is 1. The first-order chi connectivity index (χ1) is 15.3. The SMILES string of the molecule is O=C(CCCc1nnc(-c2ccccc2)o1)N1CCN(c2nc3cccnc3s2)CC1. The zero-order valence-electron chi connectivity index (χ0n) is 17.0. The maximum atomic E-state index is 12.6. The second-order valence-corrected chi connectivity index (χ2v) is 8.37. The zero-order valence-corrected chi connectivity index (χ0v) is 17.8. The Bertz CT molecular complexity index is 1130. The number of nitrogens with zero attached hydrogens (tertiary/aromatic N) is 6. The zero-order chi connectivity index (χ0) is 21.0. The van der Waals surface area contributed by atoms with E-state index >= 15 is 0 Å². The fraction of sp³-hybridized carbons (Fsp3) is 0.318. The van der Waals surface area contributed by atoms with E-state index in [9.17, 15) is 4.79 Å². The van der Waals surface area contributed by atoms with Gasteiger partial charge < -0.3 is 14.2 Å². The van der Waals surface area contributed by atoms with Gasteiger partial charge in [-0.1, -0.05) is 29.5 Å². The number of aromatic nitrogens is 4. The summed E-state index contributed by atoms with van der Waals surface area (Å²) in [5, 5.41) is 9.18. The molecule has 0 atom stereocenters. The first kappa shape index (κ1) is 19.6. The molecule has 1 aliphatic rings. The van der Waals surface area contributed by atoms with Gasteiger partial charge in [0.15, 0.2) is 5.13 Å². The molecule has 31 heavy (non-hydrogen) atoms. The number of benzene rings is 1. The third-order valence-electron chi connectivity index (χ3n) is 5.33. The number of rotatable bonds is 6. The van der Waals surface area contributed by atoms with E-state index in [0.717, 1.165) is 34.1 Å². The summed E-state index contributed by atoms with van der Waals surface area (Å²) in [6.45, 7) is 2.99. The summed E-state index contributed by atoms with van der Waals surface area (Å²) in [7, 11) is 0. The lowest BCUT2D eigenvalue weighted by Gasteiger charge is -2.34. The van der Waals surface area contributed by atoms with E-state index in [1.54, 1.807) is 17.5 Å². The number of amides is 1. The van der Waals surface area contributed by atoms with E-state index in [4.69, 9.17) is 4.42 Å². The van der Waals surface area contributed by atoms with E-state index in [1.165, 1.54) is 0 Å². The third-order valence-corrected chi connectivity index (χ3v) is 6.37. The van der Waals surface area contributed by atoms with Crippen molar-refractivity contribution in [2.24, 2.45) is 0 Å². The number of anilines is 1. The molecule has 0 bridgehead atoms. The lowest BCUT2D eigenvalue weighted by molar-refractivity contribution is -0.131. The van der Waals surface area contributed by atoms with Crippen molar-refractivity contribution in [3.8, 4) is 11.5 Å². The summed E-state index contributed by atoms with van der Waals surface area (Å²) >= 11 is 1.60. The monoisotopic (exact) mass is 434 g/mol. The molecule has 4 heterocycles. The van der Waals surface area contributed by atoms with Crippen LogP contribution in [0, 0.1) is 0 Å². The second-order valence-electron chi connectivity index (χ2n) is 7.41. The highest BCUT2D eigenvalue weighted by Crippen LogP contribution is 2.27. The molecule has 5 rings (SSSR count). The number of aryl methyl sites for hydroxylation is 1. The van der Waals surface area contributed by atoms with Crippen LogP contribution in [-0.2, 0) is 11.2 Å². The Morgan fingerprint density at radius 2 is 1.87 bits per heavy atom. The van der Waals surface area contributed by atoms with Gasteiger partial charge in [0, 0.05) is 50.8 Å². The number of hydrogen-bond donors (Lipinski definition) is 0. The second kappa shape index (κ2) is 8.81. The van der Waals surface area contributed by atoms with Crippen LogP contribution in [0.25, 0.3) is 21.8 Å². The average molecular weight is 435 g/mol. The smallest absolute Gasteiger partial charge is 0.247 e. The van der Waals surface area contributed by atoms with Gasteiger partial charge in [-0.05, 0) is 30.7 Å². The van der Waals surface area contributed by atoms with Gasteiger partial charge in [-0.15, -0.1) is 10.2 Å². The van der Waals surface area contributed by atoms with Crippen molar-refractivity contribution in [1.29, 1.82) is 0 Å². The number of carbonyl (C=O) groups excluding carboxylic acids is 1. The minimum Gasteiger partial charge on any atom is -0.421 e. The largest absolute Gasteiger partial charge is 0.421 e. The van der Waals surface area contributed by atoms with Crippen molar-refractivity contribution in [3.63, 3.8) is 0 Å². The van der Waals surface area contributed by atoms with Gasteiger partial charge in [0.1, 0.15) is 10.3 Å². The van der Waals surface area contributed by atoms with Gasteiger partial charge in [0.2, 0.25) is 17.7 Å². The summed E-state index contributed by atoms with van der Waals surface area (Å²) in [4.78, 5) is 26.8. The number of pyridine rings is 1. The van der Waals surface area contributed by atoms with Crippen LogP contribution in [0.5, 0.6) is 0 Å². The minimum atomic E-state index is 0.174. The first-order valence-corrected chi connectivity index (χ1v) is 11.2. The Balaban J connectivity index is 1.09. The molecule has 0 spiro atoms. The van der Waals surface area contributed by atoms with E-state index in [-0.39, 0.29) is 5.91 Å². The van der Waals surface area contributed by atoms with Gasteiger partial charge in [0.05, 0.1) is 0 Å². The molecule has 158 valence electrons. The van der Waals surface area contributed by atoms with E-state index in [0.29, 0.717) is 44.1 Å². The summed E-state index contributed by atoms with van der Waals surface area (Å²) < 4.78 is 5.72. The predicted octanol–water partition coefficient (Wildman–Crippen LogP) is 3.41. The molecule has 3 aromatic heterocycles. The third kappa shape index (κ3) is 4.41. The standard InChI is InChI=1S/C22H22N6O2S/c29-19(10-4-9-18-25-26-20(30-18)16-6-2-1-3-7-16)27-12-14-28(15-13-27)22-24-17-8-5-11-23-21(17)31-22/h1-3,5-8,11H,4,9-10,12-15H2. The molecule has 0 N–H and O–H groups in total. The van der Waals surface area contributed by atoms with Crippen LogP contribution >= 0.6 is 11.3 Å². The molecule has 1 amide bonds. The summed E-state index contributed by atoms with van der Waals surface area (Å²) in [6.07, 6.45) is 3.56. The molecule has 9 heteroatoms. The van der Waals surface area contributed by atoms with Crippen molar-refractivity contribution < 1.29 is 9.21 Å². The highest BCUT2D eigenvalue weighted by atomic mass is 32.1. The Morgan fingerprint density at radius 3 is 2.68 bits per heavy atom. The van der Waals surface area contributed by atoms with E-state index in [2.05, 4.69) is 25.1 Å². The number of fused-ring (bicyclic) bond motifs is 1. The van der Waals surface area contributed by atoms with Crippen molar-refractivity contribution in [2.45, 2.75) is 19.3 Å². The highest BCUT2D eigenvalue weighted by Gasteiger charge is 2.23. The van der Waals surface area contributed by atoms with Crippen LogP contribution in [0.15, 0.2) is 53.1 Å². The fourth-order valence-electron chi connectivity index (χ4n) is 3.64. The van der Waals surface area contributed by atoms with Gasteiger partial charge in [-0.3, -0.25) is 4.79 Å². The molecular weight excluding hydrogens is 412 g/mol. The Hall–Kier alpha value is -3.33. The molecular formula is C22H22N6O2S. The normalized spacial score (nSPS) is 14.3. The van der Waals surface area contributed by atoms with Gasteiger partial charge >= 0.3 is 0 Å². The highest BCUT2D eigenvalue weighted by molar-refractivity contribution is 7.21. The first-order valence-electron chi connectivity index (χ1n) is 10.4. The van der Waals surface area contributed by atoms with Crippen LogP contribution in [0.3, 0.4) is 0 Å². The lowest BCUT2D eigenvalue weighted by Crippen LogP contribution is -2.48. The predicted molar refractivity (Wildman–Crippen MR) is 119 cm³/mol. The van der Waals surface area contributed by atoms with E-state index in [1.807, 2.05) is 47.4 Å². The van der Waals surface area contributed by atoms with Crippen molar-refractivity contribution >= 4 is 32.7 Å². The summed E-state index contributed by atoms with van der Waals surface area (Å²) in [5.74, 6) is 1.26.